The van der Waals surface area contributed by atoms with Crippen LogP contribution < -0.4 is 21.1 Å². The summed E-state index contributed by atoms with van der Waals surface area (Å²) in [4.78, 5) is 11.5. The minimum absolute atomic E-state index is 0.356. The van der Waals surface area contributed by atoms with Gasteiger partial charge in [0.2, 0.25) is 11.8 Å². The number of nitrogens with zero attached hydrogens (tertiary/aromatic N) is 4. The Kier molecular flexibility index (Phi) is 5.93. The van der Waals surface area contributed by atoms with Crippen LogP contribution in [0.2, 0.25) is 0 Å². The zero-order valence-corrected chi connectivity index (χ0v) is 18.4. The standard InChI is InChI=1S/C20H30N6O3S/c1-3-16-24-18(25-29-16)26-9-6-14(7-10-26)20(22)13-19(20,21)8-11-28-17-5-4-15(12-23-17)30(2)27/h4-5,12,14H,3,6-11,13,21-22H2,1-2H3. The van der Waals surface area contributed by atoms with Crippen LogP contribution in [0.25, 0.3) is 0 Å². The van der Waals surface area contributed by atoms with E-state index in [0.717, 1.165) is 38.8 Å². The number of piperidine rings is 1. The normalized spacial score (nSPS) is 27.8. The summed E-state index contributed by atoms with van der Waals surface area (Å²) in [5, 5.41) is 4.07. The van der Waals surface area contributed by atoms with Gasteiger partial charge in [0.05, 0.1) is 12.8 Å². The maximum atomic E-state index is 11.4. The molecule has 2 fully saturated rings. The molecule has 1 aliphatic carbocycles. The summed E-state index contributed by atoms with van der Waals surface area (Å²) in [6, 6.07) is 3.50. The Morgan fingerprint density at radius 2 is 2.10 bits per heavy atom. The maximum absolute atomic E-state index is 11.4. The third kappa shape index (κ3) is 4.14. The molecule has 4 N–H and O–H groups in total. The lowest BCUT2D eigenvalue weighted by atomic mass is 9.84. The third-order valence-electron chi connectivity index (χ3n) is 6.52. The molecule has 3 atom stereocenters. The number of aromatic nitrogens is 3. The number of nitrogens with two attached hydrogens (primary N) is 2. The Balaban J connectivity index is 1.26. The van der Waals surface area contributed by atoms with Crippen molar-refractivity contribution in [1.82, 2.24) is 15.1 Å². The van der Waals surface area contributed by atoms with E-state index in [2.05, 4.69) is 20.0 Å². The Morgan fingerprint density at radius 1 is 1.33 bits per heavy atom. The predicted octanol–water partition coefficient (Wildman–Crippen LogP) is 1.25. The van der Waals surface area contributed by atoms with E-state index in [1.807, 2.05) is 6.92 Å². The van der Waals surface area contributed by atoms with E-state index in [4.69, 9.17) is 20.7 Å². The Bertz CT molecular complexity index is 854. The molecular formula is C20H30N6O3S. The lowest BCUT2D eigenvalue weighted by molar-refractivity contribution is 0.247. The summed E-state index contributed by atoms with van der Waals surface area (Å²) in [7, 11) is 0. The van der Waals surface area contributed by atoms with Crippen molar-refractivity contribution in [3.63, 3.8) is 0 Å². The number of ether oxygens (including phenoxy) is 1. The molecule has 0 aromatic carbocycles. The van der Waals surface area contributed by atoms with Crippen molar-refractivity contribution >= 4 is 17.1 Å². The van der Waals surface area contributed by atoms with Crippen LogP contribution in [0.1, 0.15) is 38.5 Å². The van der Waals surface area contributed by atoms with Gasteiger partial charge < -0.3 is 30.2 Å². The highest BCUT2D eigenvalue weighted by Crippen LogP contribution is 2.53. The summed E-state index contributed by atoms with van der Waals surface area (Å²) in [5.41, 5.74) is 12.6. The van der Waals surface area contributed by atoms with Gasteiger partial charge >= 0.3 is 0 Å². The van der Waals surface area contributed by atoms with Gasteiger partial charge in [-0.25, -0.2) is 4.98 Å². The van der Waals surface area contributed by atoms with Gasteiger partial charge in [0, 0.05) is 49.1 Å². The monoisotopic (exact) mass is 434 g/mol. The van der Waals surface area contributed by atoms with Gasteiger partial charge in [0.15, 0.2) is 4.90 Å². The first-order valence-corrected chi connectivity index (χ1v) is 12.0. The van der Waals surface area contributed by atoms with Crippen LogP contribution in [0.5, 0.6) is 5.88 Å². The first kappa shape index (κ1) is 21.4. The number of rotatable bonds is 8. The molecule has 2 aliphatic rings. The molecule has 0 radical (unpaired) electrons. The smallest absolute Gasteiger partial charge is 0.266 e. The van der Waals surface area contributed by atoms with Gasteiger partial charge in [0.1, 0.15) is 6.26 Å². The molecule has 2 aromatic rings. The average Bonchev–Trinajstić information content (AvgIpc) is 3.08. The summed E-state index contributed by atoms with van der Waals surface area (Å²) in [6.07, 6.45) is 7.35. The molecule has 30 heavy (non-hydrogen) atoms. The number of hydrogen-bond donors (Lipinski definition) is 2. The predicted molar refractivity (Wildman–Crippen MR) is 114 cm³/mol. The minimum atomic E-state index is -1.05. The highest BCUT2D eigenvalue weighted by molar-refractivity contribution is 7.90. The number of pyridine rings is 1. The van der Waals surface area contributed by atoms with E-state index in [1.165, 1.54) is 0 Å². The van der Waals surface area contributed by atoms with Crippen molar-refractivity contribution in [1.29, 1.82) is 0 Å². The quantitative estimate of drug-likeness (QED) is 0.587. The molecule has 1 aliphatic heterocycles. The molecule has 1 saturated heterocycles. The van der Waals surface area contributed by atoms with Crippen LogP contribution in [-0.2, 0) is 17.6 Å². The SMILES string of the molecule is CCc1nc(N2CCC(C3(N)CC3(N)CCOc3ccc([S+](C)[O-])cn3)CC2)no1. The molecule has 164 valence electrons. The summed E-state index contributed by atoms with van der Waals surface area (Å²) >= 11 is -1.05. The zero-order chi connectivity index (χ0) is 21.4. The lowest BCUT2D eigenvalue weighted by Crippen LogP contribution is -2.50. The fraction of sp³-hybridized carbons (Fsp3) is 0.650. The van der Waals surface area contributed by atoms with Crippen LogP contribution in [0.3, 0.4) is 0 Å². The Labute approximate surface area is 179 Å². The maximum Gasteiger partial charge on any atom is 0.266 e. The Hall–Kier alpha value is -1.88. The van der Waals surface area contributed by atoms with Crippen LogP contribution in [0, 0.1) is 5.92 Å². The van der Waals surface area contributed by atoms with Crippen LogP contribution in [0.15, 0.2) is 27.7 Å². The Morgan fingerprint density at radius 3 is 2.70 bits per heavy atom. The van der Waals surface area contributed by atoms with Crippen molar-refractivity contribution in [2.24, 2.45) is 17.4 Å². The molecular weight excluding hydrogens is 404 g/mol. The first-order chi connectivity index (χ1) is 14.3. The van der Waals surface area contributed by atoms with Crippen molar-refractivity contribution in [2.75, 3.05) is 30.9 Å². The number of hydrogen-bond acceptors (Lipinski definition) is 9. The zero-order valence-electron chi connectivity index (χ0n) is 17.5. The highest BCUT2D eigenvalue weighted by atomic mass is 32.2. The van der Waals surface area contributed by atoms with Crippen molar-refractivity contribution in [2.45, 2.75) is 55.0 Å². The molecule has 0 bridgehead atoms. The minimum Gasteiger partial charge on any atom is -0.612 e. The highest BCUT2D eigenvalue weighted by Gasteiger charge is 2.65. The van der Waals surface area contributed by atoms with Crippen molar-refractivity contribution in [3.05, 3.63) is 24.2 Å². The van der Waals surface area contributed by atoms with Crippen LogP contribution in [0.4, 0.5) is 5.95 Å². The average molecular weight is 435 g/mol. The third-order valence-corrected chi connectivity index (χ3v) is 7.42. The van der Waals surface area contributed by atoms with Crippen molar-refractivity contribution in [3.8, 4) is 5.88 Å². The van der Waals surface area contributed by atoms with Gasteiger partial charge in [-0.1, -0.05) is 6.92 Å². The summed E-state index contributed by atoms with van der Waals surface area (Å²) in [6.45, 7) is 4.16. The van der Waals surface area contributed by atoms with E-state index in [-0.39, 0.29) is 5.54 Å². The fourth-order valence-corrected chi connectivity index (χ4v) is 4.88. The van der Waals surface area contributed by atoms with Crippen LogP contribution >= 0.6 is 0 Å². The van der Waals surface area contributed by atoms with Crippen LogP contribution in [-0.4, -0.2) is 56.7 Å². The second kappa shape index (κ2) is 8.33. The molecule has 3 heterocycles. The second-order valence-corrected chi connectivity index (χ2v) is 9.74. The van der Waals surface area contributed by atoms with Gasteiger partial charge in [-0.2, -0.15) is 4.98 Å². The summed E-state index contributed by atoms with van der Waals surface area (Å²) in [5.74, 6) is 2.21. The molecule has 10 heteroatoms. The van der Waals surface area contributed by atoms with Gasteiger partial charge in [-0.05, 0) is 41.5 Å². The largest absolute Gasteiger partial charge is 0.612 e. The van der Waals surface area contributed by atoms with Gasteiger partial charge in [-0.3, -0.25) is 0 Å². The van der Waals surface area contributed by atoms with Crippen molar-refractivity contribution < 1.29 is 13.8 Å². The molecule has 3 unspecified atom stereocenters. The molecule has 9 nitrogen and oxygen atoms in total. The van der Waals surface area contributed by atoms with E-state index >= 15 is 0 Å². The van der Waals surface area contributed by atoms with E-state index < -0.39 is 16.7 Å². The second-order valence-electron chi connectivity index (χ2n) is 8.36. The lowest BCUT2D eigenvalue weighted by Gasteiger charge is -2.36. The van der Waals surface area contributed by atoms with E-state index in [0.29, 0.717) is 41.6 Å². The van der Waals surface area contributed by atoms with Gasteiger partial charge in [0.25, 0.3) is 5.95 Å². The molecule has 0 spiro atoms. The van der Waals surface area contributed by atoms with E-state index in [1.54, 1.807) is 24.6 Å². The molecule has 2 aromatic heterocycles. The number of anilines is 1. The fourth-order valence-electron chi connectivity index (χ4n) is 4.42. The summed E-state index contributed by atoms with van der Waals surface area (Å²) < 4.78 is 22.4. The topological polar surface area (TPSA) is 139 Å². The molecule has 1 saturated carbocycles. The molecule has 0 amide bonds. The first-order valence-electron chi connectivity index (χ1n) is 10.4. The van der Waals surface area contributed by atoms with Gasteiger partial charge in [-0.15, -0.1) is 0 Å². The van der Waals surface area contributed by atoms with E-state index in [9.17, 15) is 4.55 Å². The molecule has 4 rings (SSSR count). The number of aryl methyl sites for hydroxylation is 1.